The second-order valence-electron chi connectivity index (χ2n) is 5.71. The Morgan fingerprint density at radius 1 is 0.864 bits per heavy atom. The van der Waals surface area contributed by atoms with Gasteiger partial charge in [-0.3, -0.25) is 0 Å². The first kappa shape index (κ1) is 20.5. The average molecular weight is 384 g/mol. The summed E-state index contributed by atoms with van der Waals surface area (Å²) in [5.41, 5.74) is -5.65. The van der Waals surface area contributed by atoms with Crippen LogP contribution in [0, 0.1) is 0 Å². The number of hydrogen-bond donors (Lipinski definition) is 0. The van der Waals surface area contributed by atoms with Crippen molar-refractivity contribution < 1.29 is 30.3 Å². The molecule has 2 aliphatic rings. The van der Waals surface area contributed by atoms with Crippen LogP contribution in [-0.4, -0.2) is 55.5 Å². The topological polar surface area (TPSA) is 57.2 Å². The smallest absolute Gasteiger partial charge is 0.485 e. The highest BCUT2D eigenvalue weighted by molar-refractivity contribution is 7.86. The first-order chi connectivity index (χ1) is 10.0. The number of alkyl halides is 3. The fourth-order valence-electron chi connectivity index (χ4n) is 2.71. The Labute approximate surface area is 131 Å². The van der Waals surface area contributed by atoms with Gasteiger partial charge in [0.05, 0.1) is 18.5 Å². The summed E-state index contributed by atoms with van der Waals surface area (Å²) in [7, 11) is -7.72. The molecule has 2 bridgehead atoms. The molecule has 0 aliphatic carbocycles. The quantitative estimate of drug-likeness (QED) is 0.269. The van der Waals surface area contributed by atoms with E-state index in [1.807, 2.05) is 0 Å². The van der Waals surface area contributed by atoms with Crippen molar-refractivity contribution >= 4 is 25.6 Å². The molecule has 0 saturated carbocycles. The van der Waals surface area contributed by atoms with E-state index in [0.717, 1.165) is 18.5 Å². The zero-order valence-corrected chi connectivity index (χ0v) is 14.9. The predicted molar refractivity (Wildman–Crippen MR) is 83.0 cm³/mol. The van der Waals surface area contributed by atoms with Crippen molar-refractivity contribution in [2.24, 2.45) is 0 Å². The molecule has 0 spiro atoms. The Balaban J connectivity index is 0.000000261. The molecular formula is C12H22F4O3P2S. The van der Waals surface area contributed by atoms with Gasteiger partial charge < -0.3 is 4.55 Å². The number of halogens is 4. The maximum Gasteiger partial charge on any atom is 0.485 e. The first-order valence-electron chi connectivity index (χ1n) is 7.34. The minimum absolute atomic E-state index is 0.317. The van der Waals surface area contributed by atoms with Gasteiger partial charge in [0.25, 0.3) is 0 Å². The fraction of sp³-hybridized carbons (Fsp3) is 1.00. The molecule has 0 aromatic carbocycles. The lowest BCUT2D eigenvalue weighted by atomic mass is 10.4. The van der Waals surface area contributed by atoms with Crippen molar-refractivity contribution in [3.05, 3.63) is 0 Å². The molecule has 2 saturated heterocycles. The van der Waals surface area contributed by atoms with Crippen LogP contribution in [0.4, 0.5) is 17.4 Å². The maximum atomic E-state index is 14.5. The van der Waals surface area contributed by atoms with Gasteiger partial charge in [-0.05, 0) is 50.6 Å². The van der Waals surface area contributed by atoms with Crippen molar-refractivity contribution in [2.45, 2.75) is 37.6 Å². The standard InChI is InChI=1S/C11H22FP2.CHF3O3S/c12-14-9-3-1-6-13(8-5-11-14)7-2-4-10-14;2-1(3,4)8(5,6)7/h1-11H2;(H,5,6,7)/q+1;/p-1. The van der Waals surface area contributed by atoms with Crippen molar-refractivity contribution in [1.29, 1.82) is 0 Å². The van der Waals surface area contributed by atoms with Crippen LogP contribution in [0.2, 0.25) is 0 Å². The molecule has 0 amide bonds. The molecule has 22 heavy (non-hydrogen) atoms. The summed E-state index contributed by atoms with van der Waals surface area (Å²) in [6.07, 6.45) is 13.5. The predicted octanol–water partition coefficient (Wildman–Crippen LogP) is 4.40. The molecule has 132 valence electrons. The Morgan fingerprint density at radius 3 is 1.64 bits per heavy atom. The van der Waals surface area contributed by atoms with Crippen LogP contribution in [-0.2, 0) is 10.1 Å². The molecule has 0 aromatic rings. The first-order valence-corrected chi connectivity index (χ1v) is 12.9. The van der Waals surface area contributed by atoms with Gasteiger partial charge in [0.15, 0.2) is 10.1 Å². The van der Waals surface area contributed by atoms with Gasteiger partial charge in [-0.2, -0.15) is 13.2 Å². The van der Waals surface area contributed by atoms with Gasteiger partial charge in [-0.25, -0.2) is 8.42 Å². The van der Waals surface area contributed by atoms with E-state index >= 15 is 0 Å². The molecule has 0 N–H and O–H groups in total. The fourth-order valence-corrected chi connectivity index (χ4v) is 8.55. The van der Waals surface area contributed by atoms with E-state index in [1.165, 1.54) is 50.6 Å². The zero-order valence-electron chi connectivity index (χ0n) is 12.3. The second kappa shape index (κ2) is 8.55. The molecule has 2 heterocycles. The third-order valence-corrected chi connectivity index (χ3v) is 10.6. The van der Waals surface area contributed by atoms with E-state index in [-0.39, 0.29) is 0 Å². The highest BCUT2D eigenvalue weighted by Crippen LogP contribution is 2.64. The van der Waals surface area contributed by atoms with Crippen LogP contribution in [0.15, 0.2) is 0 Å². The molecule has 10 heteroatoms. The normalized spacial score (nSPS) is 30.9. The highest BCUT2D eigenvalue weighted by Gasteiger charge is 2.39. The van der Waals surface area contributed by atoms with Crippen LogP contribution in [0.5, 0.6) is 0 Å². The minimum Gasteiger partial charge on any atom is -0.741 e. The van der Waals surface area contributed by atoms with Crippen molar-refractivity contribution in [2.75, 3.05) is 37.0 Å². The van der Waals surface area contributed by atoms with Crippen molar-refractivity contribution in [1.82, 2.24) is 0 Å². The lowest BCUT2D eigenvalue weighted by molar-refractivity contribution is -0.0517. The molecule has 0 unspecified atom stereocenters. The van der Waals surface area contributed by atoms with E-state index in [4.69, 9.17) is 13.0 Å². The summed E-state index contributed by atoms with van der Waals surface area (Å²) >= 11 is 0. The molecule has 2 rings (SSSR count). The Hall–Kier alpha value is 0.490. The average Bonchev–Trinajstić information content (AvgIpc) is 2.51. The lowest BCUT2D eigenvalue weighted by Crippen LogP contribution is -2.21. The summed E-state index contributed by atoms with van der Waals surface area (Å²) < 4.78 is 73.4. The minimum atomic E-state index is -6.09. The highest BCUT2D eigenvalue weighted by atomic mass is 32.2. The third-order valence-electron chi connectivity index (χ3n) is 3.88. The molecule has 0 aromatic heterocycles. The van der Waals surface area contributed by atoms with Crippen molar-refractivity contribution in [3.63, 3.8) is 0 Å². The van der Waals surface area contributed by atoms with Gasteiger partial charge >= 0.3 is 5.51 Å². The third kappa shape index (κ3) is 7.37. The monoisotopic (exact) mass is 384 g/mol. The molecule has 0 radical (unpaired) electrons. The van der Waals surface area contributed by atoms with E-state index in [0.29, 0.717) is 7.92 Å². The SMILES string of the molecule is F[P+]12CCCCP(CCCC1)CCC2.O=S(=O)([O-])C(F)(F)F. The van der Waals surface area contributed by atoms with Gasteiger partial charge in [-0.15, -0.1) is 7.92 Å². The van der Waals surface area contributed by atoms with Crippen LogP contribution in [0.1, 0.15) is 32.1 Å². The molecule has 2 aliphatic heterocycles. The zero-order chi connectivity index (χ0) is 16.9. The van der Waals surface area contributed by atoms with Crippen molar-refractivity contribution in [3.8, 4) is 0 Å². The van der Waals surface area contributed by atoms with Crippen LogP contribution in [0.3, 0.4) is 0 Å². The second-order valence-corrected chi connectivity index (χ2v) is 13.2. The molecule has 0 atom stereocenters. The summed E-state index contributed by atoms with van der Waals surface area (Å²) in [5, 5.41) is 0. The maximum absolute atomic E-state index is 14.5. The molecular weight excluding hydrogens is 362 g/mol. The lowest BCUT2D eigenvalue weighted by Gasteiger charge is -2.17. The number of rotatable bonds is 0. The summed E-state index contributed by atoms with van der Waals surface area (Å²) in [5.74, 6) is 0. The van der Waals surface area contributed by atoms with E-state index in [1.54, 1.807) is 0 Å². The summed E-state index contributed by atoms with van der Waals surface area (Å²) in [6.45, 7) is 0. The van der Waals surface area contributed by atoms with E-state index < -0.39 is 23.2 Å². The summed E-state index contributed by atoms with van der Waals surface area (Å²) in [4.78, 5) is 0. The van der Waals surface area contributed by atoms with Gasteiger partial charge in [-0.1, -0.05) is 4.20 Å². The summed E-state index contributed by atoms with van der Waals surface area (Å²) in [6, 6.07) is 0. The van der Waals surface area contributed by atoms with Gasteiger partial charge in [0, 0.05) is 0 Å². The Bertz CT molecular complexity index is 430. The Kier molecular flexibility index (Phi) is 7.98. The Morgan fingerprint density at radius 2 is 1.23 bits per heavy atom. The molecule has 3 nitrogen and oxygen atoms in total. The van der Waals surface area contributed by atoms with Crippen LogP contribution < -0.4 is 0 Å². The van der Waals surface area contributed by atoms with Crippen LogP contribution >= 0.6 is 15.5 Å². The number of hydrogen-bond acceptors (Lipinski definition) is 3. The number of fused-ring (bicyclic) bond motifs is 4. The van der Waals surface area contributed by atoms with E-state index in [2.05, 4.69) is 0 Å². The van der Waals surface area contributed by atoms with Gasteiger partial charge in [0.2, 0.25) is 7.57 Å². The largest absolute Gasteiger partial charge is 0.741 e. The van der Waals surface area contributed by atoms with Crippen LogP contribution in [0.25, 0.3) is 0 Å². The van der Waals surface area contributed by atoms with E-state index in [9.17, 15) is 17.4 Å². The molecule has 2 fully saturated rings. The van der Waals surface area contributed by atoms with Gasteiger partial charge in [0.1, 0.15) is 0 Å².